The van der Waals surface area contributed by atoms with E-state index in [1.807, 2.05) is 0 Å². The Kier molecular flexibility index (Phi) is 8.23. The van der Waals surface area contributed by atoms with Crippen LogP contribution in [0.2, 0.25) is 0 Å². The zero-order valence-electron chi connectivity index (χ0n) is 17.1. The van der Waals surface area contributed by atoms with Crippen LogP contribution in [-0.2, 0) is 9.53 Å². The molecule has 0 radical (unpaired) electrons. The van der Waals surface area contributed by atoms with Gasteiger partial charge in [0.25, 0.3) is 11.6 Å². The summed E-state index contributed by atoms with van der Waals surface area (Å²) in [6.07, 6.45) is 5.12. The number of nitro benzene ring substituents is 1. The summed E-state index contributed by atoms with van der Waals surface area (Å²) >= 11 is 0. The van der Waals surface area contributed by atoms with E-state index in [9.17, 15) is 19.7 Å². The molecule has 0 unspecified atom stereocenters. The molecule has 0 spiro atoms. The lowest BCUT2D eigenvalue weighted by Gasteiger charge is -2.20. The molecule has 1 amide bonds. The summed E-state index contributed by atoms with van der Waals surface area (Å²) in [5.41, 5.74) is -0.778. The number of ether oxygens (including phenoxy) is 3. The van der Waals surface area contributed by atoms with E-state index in [1.165, 1.54) is 20.1 Å². The minimum Gasteiger partial charge on any atom is -0.493 e. The lowest BCUT2D eigenvalue weighted by Crippen LogP contribution is -2.41. The number of hydrogen-bond acceptors (Lipinski definition) is 7. The van der Waals surface area contributed by atoms with E-state index < -0.39 is 28.6 Å². The number of nitrogens with zero attached hydrogens (tertiary/aromatic N) is 1. The van der Waals surface area contributed by atoms with Gasteiger partial charge >= 0.3 is 5.97 Å². The fourth-order valence-corrected chi connectivity index (χ4v) is 3.31. The molecule has 1 aromatic carbocycles. The first-order valence-corrected chi connectivity index (χ1v) is 9.88. The number of nitro groups is 1. The van der Waals surface area contributed by atoms with Gasteiger partial charge < -0.3 is 19.5 Å². The predicted octanol–water partition coefficient (Wildman–Crippen LogP) is 3.39. The van der Waals surface area contributed by atoms with E-state index in [1.54, 1.807) is 6.92 Å². The molecule has 1 atom stereocenters. The summed E-state index contributed by atoms with van der Waals surface area (Å²) in [4.78, 5) is 35.7. The van der Waals surface area contributed by atoms with Crippen LogP contribution in [0.4, 0.5) is 5.69 Å². The zero-order valence-corrected chi connectivity index (χ0v) is 17.1. The van der Waals surface area contributed by atoms with Crippen molar-refractivity contribution < 1.29 is 28.7 Å². The van der Waals surface area contributed by atoms with Gasteiger partial charge in [0.2, 0.25) is 0 Å². The van der Waals surface area contributed by atoms with Crippen LogP contribution in [0.5, 0.6) is 11.5 Å². The number of hydrogen-bond donors (Lipinski definition) is 1. The van der Waals surface area contributed by atoms with Crippen LogP contribution in [-0.4, -0.2) is 42.7 Å². The molecule has 160 valence electrons. The molecule has 1 fully saturated rings. The number of amides is 1. The Hall–Kier alpha value is -2.84. The van der Waals surface area contributed by atoms with Crippen LogP contribution in [0.3, 0.4) is 0 Å². The number of rotatable bonds is 8. The van der Waals surface area contributed by atoms with E-state index in [0.717, 1.165) is 44.6 Å². The summed E-state index contributed by atoms with van der Waals surface area (Å²) < 4.78 is 15.7. The molecular weight excluding hydrogens is 380 g/mol. The maximum absolute atomic E-state index is 12.6. The number of carbonyl (C=O) groups is 2. The molecule has 29 heavy (non-hydrogen) atoms. The molecule has 9 heteroatoms. The minimum absolute atomic E-state index is 0.0612. The van der Waals surface area contributed by atoms with Crippen molar-refractivity contribution in [2.45, 2.75) is 64.5 Å². The molecule has 0 aromatic heterocycles. The molecule has 0 saturated heterocycles. The molecule has 1 aliphatic carbocycles. The van der Waals surface area contributed by atoms with Crippen LogP contribution in [0.15, 0.2) is 12.1 Å². The Morgan fingerprint density at radius 2 is 1.86 bits per heavy atom. The lowest BCUT2D eigenvalue weighted by molar-refractivity contribution is -0.385. The van der Waals surface area contributed by atoms with Crippen LogP contribution < -0.4 is 14.8 Å². The summed E-state index contributed by atoms with van der Waals surface area (Å²) in [7, 11) is 1.36. The standard InChI is InChI=1S/C20H28N2O7/c1-4-28-18-12-16(22(25)26)15(11-17(18)27-3)20(24)29-13(2)19(23)21-14-9-7-5-6-8-10-14/h11-14H,4-10H2,1-3H3,(H,21,23)/t13-/m1/s1. The van der Waals surface area contributed by atoms with Crippen molar-refractivity contribution in [3.63, 3.8) is 0 Å². The molecule has 0 bridgehead atoms. The number of nitrogens with one attached hydrogen (secondary N) is 1. The minimum atomic E-state index is -1.08. The van der Waals surface area contributed by atoms with Crippen molar-refractivity contribution in [3.8, 4) is 11.5 Å². The number of benzene rings is 1. The number of esters is 1. The first-order valence-electron chi connectivity index (χ1n) is 9.88. The van der Waals surface area contributed by atoms with Crippen molar-refractivity contribution in [3.05, 3.63) is 27.8 Å². The van der Waals surface area contributed by atoms with Gasteiger partial charge in [-0.05, 0) is 26.7 Å². The Morgan fingerprint density at radius 3 is 2.41 bits per heavy atom. The van der Waals surface area contributed by atoms with E-state index in [4.69, 9.17) is 14.2 Å². The van der Waals surface area contributed by atoms with Gasteiger partial charge in [0.15, 0.2) is 17.6 Å². The molecule has 1 saturated carbocycles. The van der Waals surface area contributed by atoms with Gasteiger partial charge in [0.1, 0.15) is 5.56 Å². The quantitative estimate of drug-likeness (QED) is 0.303. The SMILES string of the molecule is CCOc1cc([N+](=O)[O-])c(C(=O)O[C@H](C)C(=O)NC2CCCCCC2)cc1OC. The third kappa shape index (κ3) is 6.07. The average molecular weight is 408 g/mol. The molecule has 0 heterocycles. The van der Waals surface area contributed by atoms with Crippen LogP contribution >= 0.6 is 0 Å². The number of methoxy groups -OCH3 is 1. The third-order valence-electron chi connectivity index (χ3n) is 4.85. The topological polar surface area (TPSA) is 117 Å². The lowest BCUT2D eigenvalue weighted by atomic mass is 10.1. The maximum Gasteiger partial charge on any atom is 0.346 e. The molecule has 0 aliphatic heterocycles. The smallest absolute Gasteiger partial charge is 0.346 e. The summed E-state index contributed by atoms with van der Waals surface area (Å²) in [6.45, 7) is 3.44. The molecule has 2 rings (SSSR count). The third-order valence-corrected chi connectivity index (χ3v) is 4.85. The van der Waals surface area contributed by atoms with Gasteiger partial charge in [0, 0.05) is 12.1 Å². The Balaban J connectivity index is 2.13. The summed E-state index contributed by atoms with van der Waals surface area (Å²) in [5.74, 6) is -1.07. The van der Waals surface area contributed by atoms with Gasteiger partial charge in [0.05, 0.1) is 24.7 Å². The van der Waals surface area contributed by atoms with E-state index in [2.05, 4.69) is 5.32 Å². The second-order valence-electron chi connectivity index (χ2n) is 6.95. The molecule has 1 aromatic rings. The Morgan fingerprint density at radius 1 is 1.21 bits per heavy atom. The van der Waals surface area contributed by atoms with Crippen LogP contribution in [0.25, 0.3) is 0 Å². The van der Waals surface area contributed by atoms with E-state index in [0.29, 0.717) is 0 Å². The van der Waals surface area contributed by atoms with Crippen molar-refractivity contribution in [1.82, 2.24) is 5.32 Å². The highest BCUT2D eigenvalue weighted by atomic mass is 16.6. The highest BCUT2D eigenvalue weighted by molar-refractivity contribution is 5.96. The first-order chi connectivity index (χ1) is 13.9. The maximum atomic E-state index is 12.6. The molecule has 9 nitrogen and oxygen atoms in total. The fraction of sp³-hybridized carbons (Fsp3) is 0.600. The summed E-state index contributed by atoms with van der Waals surface area (Å²) in [5, 5.41) is 14.3. The van der Waals surface area contributed by atoms with Gasteiger partial charge in [-0.2, -0.15) is 0 Å². The fourth-order valence-electron chi connectivity index (χ4n) is 3.31. The Labute approximate surface area is 169 Å². The highest BCUT2D eigenvalue weighted by Crippen LogP contribution is 2.35. The second kappa shape index (κ2) is 10.6. The predicted molar refractivity (Wildman–Crippen MR) is 105 cm³/mol. The summed E-state index contributed by atoms with van der Waals surface area (Å²) in [6, 6.07) is 2.38. The molecule has 1 N–H and O–H groups in total. The van der Waals surface area contributed by atoms with E-state index in [-0.39, 0.29) is 29.7 Å². The number of carbonyl (C=O) groups excluding carboxylic acids is 2. The average Bonchev–Trinajstić information content (AvgIpc) is 2.96. The largest absolute Gasteiger partial charge is 0.493 e. The van der Waals surface area contributed by atoms with Crippen molar-refractivity contribution in [1.29, 1.82) is 0 Å². The van der Waals surface area contributed by atoms with Gasteiger partial charge in [-0.3, -0.25) is 14.9 Å². The van der Waals surface area contributed by atoms with Crippen LogP contribution in [0, 0.1) is 10.1 Å². The van der Waals surface area contributed by atoms with Gasteiger partial charge in [-0.25, -0.2) is 4.79 Å². The van der Waals surface area contributed by atoms with Gasteiger partial charge in [-0.1, -0.05) is 25.7 Å². The van der Waals surface area contributed by atoms with Crippen molar-refractivity contribution >= 4 is 17.6 Å². The first kappa shape index (κ1) is 22.4. The Bertz CT molecular complexity index is 743. The second-order valence-corrected chi connectivity index (χ2v) is 6.95. The molecule has 1 aliphatic rings. The molecular formula is C20H28N2O7. The normalized spacial score (nSPS) is 15.7. The van der Waals surface area contributed by atoms with Crippen molar-refractivity contribution in [2.24, 2.45) is 0 Å². The van der Waals surface area contributed by atoms with Gasteiger partial charge in [-0.15, -0.1) is 0 Å². The highest BCUT2D eigenvalue weighted by Gasteiger charge is 2.29. The van der Waals surface area contributed by atoms with E-state index >= 15 is 0 Å². The monoisotopic (exact) mass is 408 g/mol. The zero-order chi connectivity index (χ0) is 21.4. The van der Waals surface area contributed by atoms with Crippen LogP contribution in [0.1, 0.15) is 62.7 Å². The van der Waals surface area contributed by atoms with Crippen molar-refractivity contribution in [2.75, 3.05) is 13.7 Å².